The maximum atomic E-state index is 13.1. The van der Waals surface area contributed by atoms with Crippen molar-refractivity contribution in [3.63, 3.8) is 0 Å². The molecule has 6 nitrogen and oxygen atoms in total. The number of ether oxygens (including phenoxy) is 1. The maximum Gasteiger partial charge on any atom is 0.251 e. The average molecular weight is 436 g/mol. The lowest BCUT2D eigenvalue weighted by molar-refractivity contribution is -0.123. The molecular formula is C26H33N3O3. The molecule has 2 aliphatic rings. The Morgan fingerprint density at radius 1 is 0.938 bits per heavy atom. The smallest absolute Gasteiger partial charge is 0.251 e. The summed E-state index contributed by atoms with van der Waals surface area (Å²) in [5.41, 5.74) is 2.01. The number of aryl methyl sites for hydroxylation is 1. The molecule has 2 heterocycles. The molecule has 4 rings (SSSR count). The maximum absolute atomic E-state index is 13.1. The Morgan fingerprint density at radius 3 is 2.34 bits per heavy atom. The summed E-state index contributed by atoms with van der Waals surface area (Å²) in [4.78, 5) is 31.8. The number of benzene rings is 2. The van der Waals surface area contributed by atoms with Crippen LogP contribution in [0.2, 0.25) is 0 Å². The van der Waals surface area contributed by atoms with Gasteiger partial charge < -0.3 is 9.64 Å². The molecule has 0 radical (unpaired) electrons. The summed E-state index contributed by atoms with van der Waals surface area (Å²) in [6, 6.07) is 17.5. The number of nitrogens with zero attached hydrogens (tertiary/aromatic N) is 3. The highest BCUT2D eigenvalue weighted by molar-refractivity contribution is 6.22. The summed E-state index contributed by atoms with van der Waals surface area (Å²) in [7, 11) is 0. The van der Waals surface area contributed by atoms with Gasteiger partial charge in [-0.25, -0.2) is 4.90 Å². The molecule has 2 fully saturated rings. The fourth-order valence-electron chi connectivity index (χ4n) is 4.53. The van der Waals surface area contributed by atoms with Crippen molar-refractivity contribution in [3.05, 3.63) is 60.2 Å². The van der Waals surface area contributed by atoms with E-state index in [1.807, 2.05) is 12.1 Å². The molecule has 0 N–H and O–H groups in total. The van der Waals surface area contributed by atoms with Crippen LogP contribution in [-0.2, 0) is 16.0 Å². The molecule has 2 saturated heterocycles. The van der Waals surface area contributed by atoms with Gasteiger partial charge in [-0.2, -0.15) is 0 Å². The van der Waals surface area contributed by atoms with Crippen molar-refractivity contribution in [2.45, 2.75) is 38.6 Å². The lowest BCUT2D eigenvalue weighted by atomic mass is 10.1. The first-order valence-electron chi connectivity index (χ1n) is 11.8. The van der Waals surface area contributed by atoms with E-state index in [-0.39, 0.29) is 24.3 Å². The van der Waals surface area contributed by atoms with Crippen molar-refractivity contribution in [1.82, 2.24) is 9.80 Å². The zero-order valence-corrected chi connectivity index (χ0v) is 18.9. The van der Waals surface area contributed by atoms with Gasteiger partial charge in [-0.3, -0.25) is 14.5 Å². The Morgan fingerprint density at radius 2 is 1.66 bits per heavy atom. The first-order chi connectivity index (χ1) is 15.7. The van der Waals surface area contributed by atoms with E-state index in [4.69, 9.17) is 4.74 Å². The molecule has 1 atom stereocenters. The number of carbonyl (C=O) groups is 2. The Hall–Kier alpha value is -2.70. The minimum Gasteiger partial charge on any atom is -0.494 e. The van der Waals surface area contributed by atoms with Crippen molar-refractivity contribution in [3.8, 4) is 5.75 Å². The fraction of sp³-hybridized carbons (Fsp3) is 0.462. The van der Waals surface area contributed by atoms with Crippen LogP contribution in [-0.4, -0.2) is 67.0 Å². The van der Waals surface area contributed by atoms with Gasteiger partial charge in [0.05, 0.1) is 24.8 Å². The highest BCUT2D eigenvalue weighted by Crippen LogP contribution is 2.28. The Bertz CT molecular complexity index is 892. The summed E-state index contributed by atoms with van der Waals surface area (Å²) < 4.78 is 5.60. The van der Waals surface area contributed by atoms with Crippen molar-refractivity contribution in [1.29, 1.82) is 0 Å². The predicted molar refractivity (Wildman–Crippen MR) is 126 cm³/mol. The molecule has 0 aliphatic carbocycles. The molecule has 2 aromatic rings. The van der Waals surface area contributed by atoms with Gasteiger partial charge in [0.2, 0.25) is 5.91 Å². The number of rotatable bonds is 9. The van der Waals surface area contributed by atoms with Gasteiger partial charge in [0.15, 0.2) is 0 Å². The lowest BCUT2D eigenvalue weighted by Crippen LogP contribution is -2.52. The zero-order chi connectivity index (χ0) is 22.3. The molecule has 2 amide bonds. The highest BCUT2D eigenvalue weighted by Gasteiger charge is 2.43. The molecule has 0 aromatic heterocycles. The Labute approximate surface area is 190 Å². The van der Waals surface area contributed by atoms with E-state index in [1.54, 1.807) is 12.1 Å². The Balaban J connectivity index is 1.27. The zero-order valence-electron chi connectivity index (χ0n) is 18.9. The summed E-state index contributed by atoms with van der Waals surface area (Å²) in [6.45, 7) is 7.31. The number of hydrogen-bond donors (Lipinski definition) is 0. The monoisotopic (exact) mass is 435 g/mol. The molecule has 0 saturated carbocycles. The van der Waals surface area contributed by atoms with Gasteiger partial charge >= 0.3 is 0 Å². The number of imide groups is 1. The fourth-order valence-corrected chi connectivity index (χ4v) is 4.53. The minimum atomic E-state index is -0.343. The third kappa shape index (κ3) is 5.37. The molecule has 170 valence electrons. The van der Waals surface area contributed by atoms with Crippen molar-refractivity contribution >= 4 is 17.5 Å². The highest BCUT2D eigenvalue weighted by atomic mass is 16.5. The van der Waals surface area contributed by atoms with Gasteiger partial charge in [-0.1, -0.05) is 37.3 Å². The molecule has 0 spiro atoms. The van der Waals surface area contributed by atoms with Crippen LogP contribution >= 0.6 is 0 Å². The normalized spacial score (nSPS) is 20.2. The van der Waals surface area contributed by atoms with E-state index in [1.165, 1.54) is 10.5 Å². The van der Waals surface area contributed by atoms with Crippen LogP contribution in [0.4, 0.5) is 5.69 Å². The van der Waals surface area contributed by atoms with Crippen LogP contribution in [0, 0.1) is 0 Å². The standard InChI is InChI=1S/C26H33N3O3/c1-2-19-32-23-12-10-22(11-13-23)29-25(30)20-24(26(29)31)28-17-15-27(16-18-28)14-6-9-21-7-4-3-5-8-21/h3-5,7-8,10-13,24H,2,6,9,14-20H2,1H3/t24-/m1/s1. The largest absolute Gasteiger partial charge is 0.494 e. The van der Waals surface area contributed by atoms with Crippen molar-refractivity contribution in [2.75, 3.05) is 44.2 Å². The van der Waals surface area contributed by atoms with Gasteiger partial charge in [0, 0.05) is 26.2 Å². The number of amides is 2. The summed E-state index contributed by atoms with van der Waals surface area (Å²) in [5.74, 6) is 0.539. The second kappa shape index (κ2) is 10.7. The molecule has 2 aromatic carbocycles. The van der Waals surface area contributed by atoms with Crippen LogP contribution < -0.4 is 9.64 Å². The van der Waals surface area contributed by atoms with Crippen LogP contribution in [0.15, 0.2) is 54.6 Å². The van der Waals surface area contributed by atoms with E-state index in [2.05, 4.69) is 47.1 Å². The van der Waals surface area contributed by atoms with Crippen molar-refractivity contribution < 1.29 is 14.3 Å². The van der Waals surface area contributed by atoms with E-state index < -0.39 is 0 Å². The number of anilines is 1. The molecule has 32 heavy (non-hydrogen) atoms. The van der Waals surface area contributed by atoms with Gasteiger partial charge in [-0.15, -0.1) is 0 Å². The summed E-state index contributed by atoms with van der Waals surface area (Å²) in [5, 5.41) is 0. The van der Waals surface area contributed by atoms with E-state index in [9.17, 15) is 9.59 Å². The lowest BCUT2D eigenvalue weighted by Gasteiger charge is -2.37. The van der Waals surface area contributed by atoms with E-state index in [0.29, 0.717) is 12.3 Å². The minimum absolute atomic E-state index is 0.102. The second-order valence-electron chi connectivity index (χ2n) is 8.60. The summed E-state index contributed by atoms with van der Waals surface area (Å²) >= 11 is 0. The quantitative estimate of drug-likeness (QED) is 0.566. The van der Waals surface area contributed by atoms with Crippen molar-refractivity contribution in [2.24, 2.45) is 0 Å². The molecule has 0 bridgehead atoms. The van der Waals surface area contributed by atoms with Crippen LogP contribution in [0.5, 0.6) is 5.75 Å². The first-order valence-corrected chi connectivity index (χ1v) is 11.8. The number of piperazine rings is 1. The third-order valence-corrected chi connectivity index (χ3v) is 6.32. The topological polar surface area (TPSA) is 53.1 Å². The molecule has 2 aliphatic heterocycles. The first kappa shape index (κ1) is 22.5. The Kier molecular flexibility index (Phi) is 7.55. The summed E-state index contributed by atoms with van der Waals surface area (Å²) in [6.07, 6.45) is 3.43. The van der Waals surface area contributed by atoms with Crippen LogP contribution in [0.25, 0.3) is 0 Å². The molecule has 6 heteroatoms. The number of hydrogen-bond acceptors (Lipinski definition) is 5. The van der Waals surface area contributed by atoms with E-state index >= 15 is 0 Å². The molecule has 0 unspecified atom stereocenters. The third-order valence-electron chi connectivity index (χ3n) is 6.32. The molecular weight excluding hydrogens is 402 g/mol. The SMILES string of the molecule is CCCOc1ccc(N2C(=O)C[C@@H](N3CCN(CCCc4ccccc4)CC3)C2=O)cc1. The van der Waals surface area contributed by atoms with Crippen LogP contribution in [0.1, 0.15) is 31.7 Å². The van der Waals surface area contributed by atoms with Gasteiger partial charge in [-0.05, 0) is 55.6 Å². The number of carbonyl (C=O) groups excluding carboxylic acids is 2. The van der Waals surface area contributed by atoms with Gasteiger partial charge in [0.25, 0.3) is 5.91 Å². The second-order valence-corrected chi connectivity index (χ2v) is 8.60. The van der Waals surface area contributed by atoms with Gasteiger partial charge in [0.1, 0.15) is 5.75 Å². The average Bonchev–Trinajstić information content (AvgIpc) is 3.13. The van der Waals surface area contributed by atoms with Crippen LogP contribution in [0.3, 0.4) is 0 Å². The predicted octanol–water partition coefficient (Wildman–Crippen LogP) is 3.36. The van der Waals surface area contributed by atoms with E-state index in [0.717, 1.165) is 57.7 Å².